The number of ether oxygens (including phenoxy) is 1. The molecule has 4 heteroatoms. The van der Waals surface area contributed by atoms with Gasteiger partial charge < -0.3 is 15.0 Å². The smallest absolute Gasteiger partial charge is 0.236 e. The number of carbonyl (C=O) groups is 1. The van der Waals surface area contributed by atoms with Crippen LogP contribution >= 0.6 is 0 Å². The summed E-state index contributed by atoms with van der Waals surface area (Å²) in [4.78, 5) is 13.9. The van der Waals surface area contributed by atoms with E-state index in [0.29, 0.717) is 19.2 Å². The van der Waals surface area contributed by atoms with Crippen molar-refractivity contribution >= 4 is 5.91 Å². The van der Waals surface area contributed by atoms with Crippen molar-refractivity contribution < 1.29 is 9.53 Å². The molecule has 1 saturated carbocycles. The highest BCUT2D eigenvalue weighted by Crippen LogP contribution is 2.26. The summed E-state index contributed by atoms with van der Waals surface area (Å²) in [5.74, 6) is 0.222. The largest absolute Gasteiger partial charge is 0.383 e. The number of carbonyl (C=O) groups excluding carboxylic acids is 1. The van der Waals surface area contributed by atoms with E-state index in [1.165, 1.54) is 12.8 Å². The molecule has 0 heterocycles. The van der Waals surface area contributed by atoms with Crippen LogP contribution < -0.4 is 5.32 Å². The Morgan fingerprint density at radius 1 is 1.50 bits per heavy atom. The summed E-state index contributed by atoms with van der Waals surface area (Å²) in [5.41, 5.74) is 0. The zero-order valence-corrected chi connectivity index (χ0v) is 10.7. The Hall–Kier alpha value is -0.610. The van der Waals surface area contributed by atoms with Crippen LogP contribution in [0.1, 0.15) is 33.1 Å². The number of hydrogen-bond acceptors (Lipinski definition) is 3. The first-order valence-corrected chi connectivity index (χ1v) is 6.24. The highest BCUT2D eigenvalue weighted by Gasteiger charge is 2.31. The minimum Gasteiger partial charge on any atom is -0.383 e. The van der Waals surface area contributed by atoms with Crippen molar-refractivity contribution in [1.29, 1.82) is 0 Å². The van der Waals surface area contributed by atoms with Crippen molar-refractivity contribution in [2.75, 3.05) is 26.8 Å². The Labute approximate surface area is 98.3 Å². The topological polar surface area (TPSA) is 41.6 Å². The Balaban J connectivity index is 2.26. The third kappa shape index (κ3) is 4.10. The SMILES string of the molecule is CCC(COC)NCC(=O)N(CC)C1CC1. The number of nitrogens with one attached hydrogen (secondary N) is 1. The molecule has 0 aromatic carbocycles. The van der Waals surface area contributed by atoms with Gasteiger partial charge in [0.25, 0.3) is 0 Å². The van der Waals surface area contributed by atoms with Crippen molar-refractivity contribution in [1.82, 2.24) is 10.2 Å². The summed E-state index contributed by atoms with van der Waals surface area (Å²) < 4.78 is 5.09. The van der Waals surface area contributed by atoms with Gasteiger partial charge in [0.15, 0.2) is 0 Å². The molecule has 94 valence electrons. The molecular formula is C12H24N2O2. The Morgan fingerprint density at radius 3 is 2.62 bits per heavy atom. The molecule has 1 rings (SSSR count). The molecule has 1 fully saturated rings. The summed E-state index contributed by atoms with van der Waals surface area (Å²) in [5, 5.41) is 3.25. The van der Waals surface area contributed by atoms with E-state index in [1.807, 2.05) is 11.8 Å². The quantitative estimate of drug-likeness (QED) is 0.674. The maximum atomic E-state index is 11.9. The van der Waals surface area contributed by atoms with Gasteiger partial charge in [0.1, 0.15) is 0 Å². The number of hydrogen-bond donors (Lipinski definition) is 1. The molecule has 1 atom stereocenters. The van der Waals surface area contributed by atoms with Gasteiger partial charge in [-0.3, -0.25) is 4.79 Å². The predicted molar refractivity (Wildman–Crippen MR) is 64.4 cm³/mol. The minimum atomic E-state index is 0.222. The average molecular weight is 228 g/mol. The monoisotopic (exact) mass is 228 g/mol. The second-order valence-electron chi connectivity index (χ2n) is 4.35. The molecule has 4 nitrogen and oxygen atoms in total. The van der Waals surface area contributed by atoms with E-state index in [0.717, 1.165) is 13.0 Å². The van der Waals surface area contributed by atoms with Gasteiger partial charge in [-0.2, -0.15) is 0 Å². The molecule has 1 amide bonds. The van der Waals surface area contributed by atoms with Crippen LogP contribution in [0.5, 0.6) is 0 Å². The minimum absolute atomic E-state index is 0.222. The van der Waals surface area contributed by atoms with E-state index in [2.05, 4.69) is 12.2 Å². The molecule has 1 unspecified atom stereocenters. The maximum absolute atomic E-state index is 11.9. The lowest BCUT2D eigenvalue weighted by molar-refractivity contribution is -0.130. The van der Waals surface area contributed by atoms with Gasteiger partial charge in [0.2, 0.25) is 5.91 Å². The first-order chi connectivity index (χ1) is 7.72. The second kappa shape index (κ2) is 6.86. The fourth-order valence-corrected chi connectivity index (χ4v) is 1.88. The number of likely N-dealkylation sites (N-methyl/N-ethyl adjacent to an activating group) is 1. The lowest BCUT2D eigenvalue weighted by atomic mass is 10.2. The summed E-state index contributed by atoms with van der Waals surface area (Å²) in [6.45, 7) is 6.07. The van der Waals surface area contributed by atoms with Crippen LogP contribution in [0.15, 0.2) is 0 Å². The van der Waals surface area contributed by atoms with Crippen molar-refractivity contribution in [2.45, 2.75) is 45.2 Å². The van der Waals surface area contributed by atoms with E-state index in [9.17, 15) is 4.79 Å². The highest BCUT2D eigenvalue weighted by atomic mass is 16.5. The Morgan fingerprint density at radius 2 is 2.19 bits per heavy atom. The molecule has 16 heavy (non-hydrogen) atoms. The molecular weight excluding hydrogens is 204 g/mol. The Bertz CT molecular complexity index is 217. The predicted octanol–water partition coefficient (Wildman–Crippen LogP) is 1.01. The molecule has 1 N–H and O–H groups in total. The van der Waals surface area contributed by atoms with Crippen LogP contribution in [-0.2, 0) is 9.53 Å². The van der Waals surface area contributed by atoms with Crippen molar-refractivity contribution in [3.63, 3.8) is 0 Å². The number of nitrogens with zero attached hydrogens (tertiary/aromatic N) is 1. The van der Waals surface area contributed by atoms with Crippen LogP contribution in [0.3, 0.4) is 0 Å². The van der Waals surface area contributed by atoms with Gasteiger partial charge in [-0.05, 0) is 26.2 Å². The molecule has 0 spiro atoms. The van der Waals surface area contributed by atoms with Gasteiger partial charge in [0.05, 0.1) is 13.2 Å². The van der Waals surface area contributed by atoms with Crippen molar-refractivity contribution in [3.05, 3.63) is 0 Å². The normalized spacial score (nSPS) is 17.2. The standard InChI is InChI=1S/C12H24N2O2/c1-4-10(9-16-3)13-8-12(15)14(5-2)11-6-7-11/h10-11,13H,4-9H2,1-3H3. The van der Waals surface area contributed by atoms with Crippen LogP contribution in [0.25, 0.3) is 0 Å². The van der Waals surface area contributed by atoms with Crippen LogP contribution in [0.2, 0.25) is 0 Å². The lowest BCUT2D eigenvalue weighted by Gasteiger charge is -2.22. The number of methoxy groups -OCH3 is 1. The van der Waals surface area contributed by atoms with E-state index in [-0.39, 0.29) is 11.9 Å². The zero-order valence-electron chi connectivity index (χ0n) is 10.7. The van der Waals surface area contributed by atoms with Gasteiger partial charge in [-0.15, -0.1) is 0 Å². The Kier molecular flexibility index (Phi) is 5.77. The molecule has 0 radical (unpaired) electrons. The third-order valence-electron chi connectivity index (χ3n) is 3.05. The molecule has 0 aromatic heterocycles. The van der Waals surface area contributed by atoms with E-state index < -0.39 is 0 Å². The average Bonchev–Trinajstić information content (AvgIpc) is 3.09. The first kappa shape index (κ1) is 13.5. The molecule has 1 aliphatic rings. The zero-order chi connectivity index (χ0) is 12.0. The highest BCUT2D eigenvalue weighted by molar-refractivity contribution is 5.78. The first-order valence-electron chi connectivity index (χ1n) is 6.24. The fourth-order valence-electron chi connectivity index (χ4n) is 1.88. The third-order valence-corrected chi connectivity index (χ3v) is 3.05. The number of amides is 1. The number of rotatable bonds is 8. The van der Waals surface area contributed by atoms with E-state index in [4.69, 9.17) is 4.74 Å². The summed E-state index contributed by atoms with van der Waals surface area (Å²) in [7, 11) is 1.69. The van der Waals surface area contributed by atoms with Crippen molar-refractivity contribution in [3.8, 4) is 0 Å². The van der Waals surface area contributed by atoms with Gasteiger partial charge in [-0.1, -0.05) is 6.92 Å². The van der Waals surface area contributed by atoms with Crippen LogP contribution in [0, 0.1) is 0 Å². The van der Waals surface area contributed by atoms with Crippen LogP contribution in [-0.4, -0.2) is 49.7 Å². The summed E-state index contributed by atoms with van der Waals surface area (Å²) in [6, 6.07) is 0.800. The summed E-state index contributed by atoms with van der Waals surface area (Å²) >= 11 is 0. The van der Waals surface area contributed by atoms with Gasteiger partial charge >= 0.3 is 0 Å². The van der Waals surface area contributed by atoms with Crippen LogP contribution in [0.4, 0.5) is 0 Å². The summed E-state index contributed by atoms with van der Waals surface area (Å²) in [6.07, 6.45) is 3.33. The molecule has 1 aliphatic carbocycles. The van der Waals surface area contributed by atoms with Crippen molar-refractivity contribution in [2.24, 2.45) is 0 Å². The molecule has 0 aromatic rings. The molecule has 0 bridgehead atoms. The second-order valence-corrected chi connectivity index (χ2v) is 4.35. The van der Waals surface area contributed by atoms with E-state index in [1.54, 1.807) is 7.11 Å². The molecule has 0 aliphatic heterocycles. The fraction of sp³-hybridized carbons (Fsp3) is 0.917. The van der Waals surface area contributed by atoms with E-state index >= 15 is 0 Å². The lowest BCUT2D eigenvalue weighted by Crippen LogP contribution is -2.43. The van der Waals surface area contributed by atoms with Gasteiger partial charge in [0, 0.05) is 25.7 Å². The maximum Gasteiger partial charge on any atom is 0.236 e. The van der Waals surface area contributed by atoms with Gasteiger partial charge in [-0.25, -0.2) is 0 Å². The molecule has 0 saturated heterocycles.